The molecule has 172 valence electrons. The van der Waals surface area contributed by atoms with E-state index in [1.807, 2.05) is 41.7 Å². The zero-order valence-corrected chi connectivity index (χ0v) is 20.5. The van der Waals surface area contributed by atoms with E-state index in [4.69, 9.17) is 15.0 Å². The summed E-state index contributed by atoms with van der Waals surface area (Å²) in [7, 11) is 0. The molecule has 0 saturated heterocycles. The second-order valence-corrected chi connectivity index (χ2v) is 10.3. The molecule has 0 N–H and O–H groups in total. The first kappa shape index (κ1) is 20.5. The van der Waals surface area contributed by atoms with Crippen molar-refractivity contribution in [3.05, 3.63) is 115 Å². The lowest BCUT2D eigenvalue weighted by molar-refractivity contribution is 1.20. The first-order chi connectivity index (χ1) is 18.3. The summed E-state index contributed by atoms with van der Waals surface area (Å²) in [6.07, 6.45) is 0. The van der Waals surface area contributed by atoms with Gasteiger partial charge in [0.15, 0.2) is 5.82 Å². The monoisotopic (exact) mass is 489 g/mol. The lowest BCUT2D eigenvalue weighted by Gasteiger charge is -2.13. The van der Waals surface area contributed by atoms with Crippen LogP contribution in [0, 0.1) is 0 Å². The lowest BCUT2D eigenvalue weighted by Crippen LogP contribution is -1.98. The van der Waals surface area contributed by atoms with Crippen LogP contribution < -0.4 is 0 Å². The summed E-state index contributed by atoms with van der Waals surface area (Å²) in [6, 6.07) is 40.0. The van der Waals surface area contributed by atoms with Crippen LogP contribution in [0.4, 0.5) is 0 Å². The van der Waals surface area contributed by atoms with Crippen molar-refractivity contribution in [3.63, 3.8) is 0 Å². The highest BCUT2D eigenvalue weighted by atomic mass is 32.1. The molecule has 3 nitrogen and oxygen atoms in total. The topological polar surface area (TPSA) is 38.7 Å². The van der Waals surface area contributed by atoms with Crippen molar-refractivity contribution < 1.29 is 0 Å². The molecular formula is C33H19N3S. The van der Waals surface area contributed by atoms with Crippen LogP contribution in [0.2, 0.25) is 0 Å². The van der Waals surface area contributed by atoms with Crippen LogP contribution in [0.25, 0.3) is 75.5 Å². The summed E-state index contributed by atoms with van der Waals surface area (Å²) in [5, 5.41) is 7.02. The Morgan fingerprint density at radius 2 is 1.11 bits per heavy atom. The summed E-state index contributed by atoms with van der Waals surface area (Å²) in [5.74, 6) is 0.644. The van der Waals surface area contributed by atoms with E-state index in [9.17, 15) is 0 Å². The van der Waals surface area contributed by atoms with Gasteiger partial charge in [0.05, 0.1) is 16.7 Å². The van der Waals surface area contributed by atoms with Crippen molar-refractivity contribution in [3.8, 4) is 22.8 Å². The van der Waals surface area contributed by atoms with E-state index in [0.717, 1.165) is 38.8 Å². The van der Waals surface area contributed by atoms with Crippen LogP contribution in [0.3, 0.4) is 0 Å². The largest absolute Gasteiger partial charge is 0.244 e. The lowest BCUT2D eigenvalue weighted by atomic mass is 9.99. The predicted molar refractivity (Wildman–Crippen MR) is 156 cm³/mol. The number of benzene rings is 5. The van der Waals surface area contributed by atoms with Gasteiger partial charge in [-0.25, -0.2) is 15.0 Å². The molecule has 8 aromatic rings. The maximum Gasteiger partial charge on any atom is 0.179 e. The smallest absolute Gasteiger partial charge is 0.179 e. The van der Waals surface area contributed by atoms with Gasteiger partial charge >= 0.3 is 0 Å². The van der Waals surface area contributed by atoms with E-state index < -0.39 is 0 Å². The SMILES string of the molecule is c1ccc(-c2nc(-c3nc4ccc5sc6ccccc6c5c4c4ccccc34)nc3ccccc23)cc1. The van der Waals surface area contributed by atoms with Crippen molar-refractivity contribution in [2.75, 3.05) is 0 Å². The number of fused-ring (bicyclic) bond motifs is 8. The Labute approximate surface area is 216 Å². The van der Waals surface area contributed by atoms with Crippen LogP contribution in [-0.4, -0.2) is 15.0 Å². The Balaban J connectivity index is 1.50. The Hall–Kier alpha value is -4.67. The number of nitrogens with zero attached hydrogens (tertiary/aromatic N) is 3. The number of pyridine rings is 1. The fourth-order valence-electron chi connectivity index (χ4n) is 5.43. The minimum Gasteiger partial charge on any atom is -0.244 e. The highest BCUT2D eigenvalue weighted by Gasteiger charge is 2.18. The Bertz CT molecular complexity index is 2150. The number of aromatic nitrogens is 3. The molecule has 0 aliphatic rings. The summed E-state index contributed by atoms with van der Waals surface area (Å²) >= 11 is 1.83. The van der Waals surface area contributed by atoms with Gasteiger partial charge < -0.3 is 0 Å². The fourth-order valence-corrected chi connectivity index (χ4v) is 6.54. The highest BCUT2D eigenvalue weighted by Crippen LogP contribution is 2.42. The third kappa shape index (κ3) is 3.09. The van der Waals surface area contributed by atoms with E-state index in [0.29, 0.717) is 5.82 Å². The van der Waals surface area contributed by atoms with E-state index in [2.05, 4.69) is 84.9 Å². The summed E-state index contributed by atoms with van der Waals surface area (Å²) in [5.41, 5.74) is 4.68. The summed E-state index contributed by atoms with van der Waals surface area (Å²) in [4.78, 5) is 15.4. The van der Waals surface area contributed by atoms with Gasteiger partial charge in [-0.05, 0) is 29.7 Å². The van der Waals surface area contributed by atoms with E-state index in [1.165, 1.54) is 30.9 Å². The molecule has 3 heterocycles. The van der Waals surface area contributed by atoms with Crippen LogP contribution in [0.1, 0.15) is 0 Å². The average molecular weight is 490 g/mol. The molecule has 0 aliphatic carbocycles. The third-order valence-electron chi connectivity index (χ3n) is 7.07. The Kier molecular flexibility index (Phi) is 4.39. The van der Waals surface area contributed by atoms with Gasteiger partial charge in [-0.1, -0.05) is 91.0 Å². The number of rotatable bonds is 2. The van der Waals surface area contributed by atoms with Crippen LogP contribution in [0.5, 0.6) is 0 Å². The van der Waals surface area contributed by atoms with E-state index in [-0.39, 0.29) is 0 Å². The molecule has 0 bridgehead atoms. The molecule has 5 aromatic carbocycles. The third-order valence-corrected chi connectivity index (χ3v) is 8.20. The Morgan fingerprint density at radius 3 is 1.97 bits per heavy atom. The minimum atomic E-state index is 0.644. The molecule has 3 aromatic heterocycles. The summed E-state index contributed by atoms with van der Waals surface area (Å²) < 4.78 is 2.57. The van der Waals surface area contributed by atoms with Gasteiger partial charge in [0.2, 0.25) is 0 Å². The second-order valence-electron chi connectivity index (χ2n) is 9.22. The molecule has 0 spiro atoms. The molecule has 0 atom stereocenters. The maximum atomic E-state index is 5.23. The zero-order valence-electron chi connectivity index (χ0n) is 19.7. The van der Waals surface area contributed by atoms with E-state index in [1.54, 1.807) is 0 Å². The second kappa shape index (κ2) is 7.92. The maximum absolute atomic E-state index is 5.23. The van der Waals surface area contributed by atoms with Crippen molar-refractivity contribution in [1.29, 1.82) is 0 Å². The molecule has 37 heavy (non-hydrogen) atoms. The van der Waals surface area contributed by atoms with Crippen LogP contribution >= 0.6 is 11.3 Å². The standard InChI is InChI=1S/C33H19N3S/c1-2-10-20(11-3-1)31-23-14-6-8-16-25(23)35-33(36-31)32-22-13-5-4-12-21(22)29-26(34-32)18-19-28-30(29)24-15-7-9-17-27(24)37-28/h1-19H. The first-order valence-corrected chi connectivity index (χ1v) is 13.1. The van der Waals surface area contributed by atoms with Crippen LogP contribution in [-0.2, 0) is 0 Å². The molecule has 0 unspecified atom stereocenters. The van der Waals surface area contributed by atoms with Gasteiger partial charge in [0.25, 0.3) is 0 Å². The molecule has 0 saturated carbocycles. The Morgan fingerprint density at radius 1 is 0.405 bits per heavy atom. The molecule has 0 radical (unpaired) electrons. The molecule has 0 amide bonds. The molecule has 0 aliphatic heterocycles. The summed E-state index contributed by atoms with van der Waals surface area (Å²) in [6.45, 7) is 0. The highest BCUT2D eigenvalue weighted by molar-refractivity contribution is 7.26. The van der Waals surface area contributed by atoms with Gasteiger partial charge in [-0.15, -0.1) is 11.3 Å². The van der Waals surface area contributed by atoms with Crippen molar-refractivity contribution in [2.24, 2.45) is 0 Å². The van der Waals surface area contributed by atoms with Gasteiger partial charge in [0.1, 0.15) is 5.69 Å². The fraction of sp³-hybridized carbons (Fsp3) is 0. The molecule has 4 heteroatoms. The average Bonchev–Trinajstić information content (AvgIpc) is 3.35. The van der Waals surface area contributed by atoms with E-state index >= 15 is 0 Å². The first-order valence-electron chi connectivity index (χ1n) is 12.3. The quantitative estimate of drug-likeness (QED) is 0.227. The molecular weight excluding hydrogens is 470 g/mol. The van der Waals surface area contributed by atoms with Crippen LogP contribution in [0.15, 0.2) is 115 Å². The van der Waals surface area contributed by atoms with Gasteiger partial charge in [-0.2, -0.15) is 0 Å². The van der Waals surface area contributed by atoms with Gasteiger partial charge in [-0.3, -0.25) is 0 Å². The van der Waals surface area contributed by atoms with Gasteiger partial charge in [0, 0.05) is 41.9 Å². The minimum absolute atomic E-state index is 0.644. The number of para-hydroxylation sites is 1. The number of hydrogen-bond acceptors (Lipinski definition) is 4. The predicted octanol–water partition coefficient (Wildman–Crippen LogP) is 9.03. The number of thiophene rings is 1. The zero-order chi connectivity index (χ0) is 24.3. The molecule has 0 fully saturated rings. The van der Waals surface area contributed by atoms with Crippen molar-refractivity contribution >= 4 is 64.1 Å². The molecule has 8 rings (SSSR count). The van der Waals surface area contributed by atoms with Crippen molar-refractivity contribution in [1.82, 2.24) is 15.0 Å². The van der Waals surface area contributed by atoms with Crippen molar-refractivity contribution in [2.45, 2.75) is 0 Å². The normalized spacial score (nSPS) is 11.8. The number of hydrogen-bond donors (Lipinski definition) is 0.